The number of fused-ring (bicyclic) bond motifs is 1. The summed E-state index contributed by atoms with van der Waals surface area (Å²) >= 11 is 0. The molecule has 41 heavy (non-hydrogen) atoms. The van der Waals surface area contributed by atoms with Gasteiger partial charge in [0.15, 0.2) is 0 Å². The van der Waals surface area contributed by atoms with Gasteiger partial charge in [-0.05, 0) is 64.1 Å². The number of pyridine rings is 1. The Labute approximate surface area is 236 Å². The number of alkyl halides is 3. The van der Waals surface area contributed by atoms with Crippen molar-refractivity contribution in [3.63, 3.8) is 0 Å². The first-order valence-corrected chi connectivity index (χ1v) is 14.3. The van der Waals surface area contributed by atoms with Gasteiger partial charge in [0.25, 0.3) is 0 Å². The summed E-state index contributed by atoms with van der Waals surface area (Å²) in [4.78, 5) is 4.35. The molecule has 0 radical (unpaired) electrons. The molecule has 1 heterocycles. The molecule has 0 aliphatic carbocycles. The third-order valence-electron chi connectivity index (χ3n) is 6.96. The average molecular weight is 577 g/mol. The quantitative estimate of drug-likeness (QED) is 0.221. The van der Waals surface area contributed by atoms with Crippen LogP contribution in [0.2, 0.25) is 0 Å². The van der Waals surface area contributed by atoms with E-state index in [-0.39, 0.29) is 23.6 Å². The fourth-order valence-electron chi connectivity index (χ4n) is 4.92. The van der Waals surface area contributed by atoms with Gasteiger partial charge in [-0.15, -0.1) is 0 Å². The van der Waals surface area contributed by atoms with Crippen molar-refractivity contribution in [3.8, 4) is 22.3 Å². The summed E-state index contributed by atoms with van der Waals surface area (Å²) in [7, 11) is -2.42. The minimum Gasteiger partial charge on any atom is -0.395 e. The Hall–Kier alpha value is -4.05. The Kier molecular flexibility index (Phi) is 7.95. The Bertz CT molecular complexity index is 1810. The molecule has 1 aromatic heterocycles. The molecular weight excluding hydrogens is 549 g/mol. The third-order valence-corrected chi connectivity index (χ3v) is 8.81. The van der Waals surface area contributed by atoms with Crippen LogP contribution in [0.4, 0.5) is 13.2 Å². The lowest BCUT2D eigenvalue weighted by Gasteiger charge is -2.18. The molecule has 0 amide bonds. The molecule has 0 bridgehead atoms. The van der Waals surface area contributed by atoms with Crippen LogP contribution in [-0.4, -0.2) is 43.0 Å². The first-order chi connectivity index (χ1) is 19.6. The highest BCUT2D eigenvalue weighted by Crippen LogP contribution is 2.40. The summed E-state index contributed by atoms with van der Waals surface area (Å²) in [5.74, 6) is 0. The Balaban J connectivity index is 1.68. The standard InChI is InChI=1S/C32H27F3N2O3S/c1-37(16-17-38)41(39,40)27-13-6-11-24(20-27)23-10-5-12-25(19-23)30-26(18-22-8-3-2-4-9-22)21-36-31-28(30)14-7-15-29(31)32(33,34)35/h2-15,19-21,38H,16-18H2,1H3. The largest absolute Gasteiger partial charge is 0.418 e. The van der Waals surface area contributed by atoms with Gasteiger partial charge in [0.05, 0.1) is 22.6 Å². The minimum absolute atomic E-state index is 0.0404. The number of hydrogen-bond donors (Lipinski definition) is 1. The maximum absolute atomic E-state index is 13.9. The van der Waals surface area contributed by atoms with Crippen molar-refractivity contribution in [2.45, 2.75) is 17.5 Å². The molecule has 0 fully saturated rings. The number of aliphatic hydroxyl groups is 1. The number of halogens is 3. The van der Waals surface area contributed by atoms with Crippen molar-refractivity contribution >= 4 is 20.9 Å². The summed E-state index contributed by atoms with van der Waals surface area (Å²) in [5, 5.41) is 9.58. The molecule has 9 heteroatoms. The van der Waals surface area contributed by atoms with Gasteiger partial charge in [0, 0.05) is 25.2 Å². The predicted octanol–water partition coefficient (Wildman–Crippen LogP) is 6.79. The lowest BCUT2D eigenvalue weighted by atomic mass is 9.90. The monoisotopic (exact) mass is 576 g/mol. The number of benzene rings is 4. The summed E-state index contributed by atoms with van der Waals surface area (Å²) in [6.45, 7) is -0.347. The van der Waals surface area contributed by atoms with Crippen molar-refractivity contribution in [1.82, 2.24) is 9.29 Å². The highest BCUT2D eigenvalue weighted by atomic mass is 32.2. The van der Waals surface area contributed by atoms with Gasteiger partial charge in [0.2, 0.25) is 10.0 Å². The maximum Gasteiger partial charge on any atom is 0.418 e. The van der Waals surface area contributed by atoms with Crippen LogP contribution in [0.15, 0.2) is 108 Å². The number of hydrogen-bond acceptors (Lipinski definition) is 4. The molecule has 210 valence electrons. The molecule has 1 N–H and O–H groups in total. The van der Waals surface area contributed by atoms with E-state index < -0.39 is 21.8 Å². The Morgan fingerprint density at radius 1 is 0.829 bits per heavy atom. The first-order valence-electron chi connectivity index (χ1n) is 12.9. The summed E-state index contributed by atoms with van der Waals surface area (Å²) in [5.41, 5.74) is 3.48. The van der Waals surface area contributed by atoms with Crippen LogP contribution in [-0.2, 0) is 22.6 Å². The van der Waals surface area contributed by atoms with Gasteiger partial charge in [-0.3, -0.25) is 4.98 Å². The van der Waals surface area contributed by atoms with Gasteiger partial charge < -0.3 is 5.11 Å². The fourth-order valence-corrected chi connectivity index (χ4v) is 6.12. The van der Waals surface area contributed by atoms with E-state index in [9.17, 15) is 26.7 Å². The van der Waals surface area contributed by atoms with E-state index in [4.69, 9.17) is 0 Å². The summed E-state index contributed by atoms with van der Waals surface area (Å²) in [6.07, 6.45) is -2.59. The maximum atomic E-state index is 13.9. The van der Waals surface area contributed by atoms with Gasteiger partial charge in [-0.25, -0.2) is 8.42 Å². The molecule has 0 aliphatic rings. The molecular formula is C32H27F3N2O3S. The molecule has 0 unspecified atom stereocenters. The lowest BCUT2D eigenvalue weighted by molar-refractivity contribution is -0.136. The van der Waals surface area contributed by atoms with Crippen molar-refractivity contribution in [2.75, 3.05) is 20.2 Å². The zero-order valence-electron chi connectivity index (χ0n) is 22.1. The highest BCUT2D eigenvalue weighted by Gasteiger charge is 2.33. The zero-order valence-corrected chi connectivity index (χ0v) is 23.0. The molecule has 0 aliphatic heterocycles. The summed E-state index contributed by atoms with van der Waals surface area (Å²) in [6, 6.07) is 27.5. The molecule has 0 spiro atoms. The van der Waals surface area contributed by atoms with Crippen molar-refractivity contribution < 1.29 is 26.7 Å². The number of nitrogens with zero attached hydrogens (tertiary/aromatic N) is 2. The van der Waals surface area contributed by atoms with Gasteiger partial charge in [0.1, 0.15) is 0 Å². The van der Waals surface area contributed by atoms with Gasteiger partial charge in [-0.2, -0.15) is 17.5 Å². The first kappa shape index (κ1) is 28.5. The Morgan fingerprint density at radius 2 is 1.49 bits per heavy atom. The normalized spacial score (nSPS) is 12.2. The molecule has 4 aromatic carbocycles. The van der Waals surface area contributed by atoms with Crippen LogP contribution in [0.5, 0.6) is 0 Å². The van der Waals surface area contributed by atoms with E-state index in [2.05, 4.69) is 4.98 Å². The van der Waals surface area contributed by atoms with E-state index in [1.165, 1.54) is 25.4 Å². The number of rotatable bonds is 8. The van der Waals surface area contributed by atoms with Crippen LogP contribution in [0.1, 0.15) is 16.7 Å². The highest BCUT2D eigenvalue weighted by molar-refractivity contribution is 7.89. The smallest absolute Gasteiger partial charge is 0.395 e. The molecule has 5 rings (SSSR count). The predicted molar refractivity (Wildman–Crippen MR) is 154 cm³/mol. The van der Waals surface area contributed by atoms with Crippen LogP contribution in [0.25, 0.3) is 33.2 Å². The Morgan fingerprint density at radius 3 is 2.20 bits per heavy atom. The van der Waals surface area contributed by atoms with Crippen LogP contribution in [0, 0.1) is 0 Å². The third kappa shape index (κ3) is 5.88. The van der Waals surface area contributed by atoms with E-state index in [1.807, 2.05) is 48.5 Å². The number of likely N-dealkylation sites (N-methyl/N-ethyl adjacent to an activating group) is 1. The topological polar surface area (TPSA) is 70.5 Å². The van der Waals surface area contributed by atoms with Crippen LogP contribution in [0.3, 0.4) is 0 Å². The van der Waals surface area contributed by atoms with Crippen LogP contribution >= 0.6 is 0 Å². The van der Waals surface area contributed by atoms with Gasteiger partial charge in [-0.1, -0.05) is 72.8 Å². The lowest BCUT2D eigenvalue weighted by Crippen LogP contribution is -2.29. The number of aromatic nitrogens is 1. The average Bonchev–Trinajstić information content (AvgIpc) is 2.97. The number of sulfonamides is 1. The molecule has 0 saturated carbocycles. The summed E-state index contributed by atoms with van der Waals surface area (Å²) < 4.78 is 68.8. The second-order valence-corrected chi connectivity index (χ2v) is 11.7. The van der Waals surface area contributed by atoms with Crippen LogP contribution < -0.4 is 0 Å². The van der Waals surface area contributed by atoms with E-state index >= 15 is 0 Å². The van der Waals surface area contributed by atoms with Crippen molar-refractivity contribution in [3.05, 3.63) is 120 Å². The van der Waals surface area contributed by atoms with E-state index in [1.54, 1.807) is 30.3 Å². The van der Waals surface area contributed by atoms with Crippen molar-refractivity contribution in [2.24, 2.45) is 0 Å². The molecule has 5 nitrogen and oxygen atoms in total. The minimum atomic E-state index is -4.57. The van der Waals surface area contributed by atoms with Crippen molar-refractivity contribution in [1.29, 1.82) is 0 Å². The molecule has 0 atom stereocenters. The fraction of sp³-hybridized carbons (Fsp3) is 0.156. The van der Waals surface area contributed by atoms with Gasteiger partial charge >= 0.3 is 6.18 Å². The zero-order chi connectivity index (χ0) is 29.2. The second-order valence-electron chi connectivity index (χ2n) is 9.68. The SMILES string of the molecule is CN(CCO)S(=O)(=O)c1cccc(-c2cccc(-c3c(Cc4ccccc4)cnc4c(C(F)(F)F)cccc34)c2)c1. The number of para-hydroxylation sites is 1. The van der Waals surface area contributed by atoms with E-state index in [0.29, 0.717) is 34.1 Å². The second kappa shape index (κ2) is 11.4. The van der Waals surface area contributed by atoms with E-state index in [0.717, 1.165) is 21.5 Å². The molecule has 5 aromatic rings. The molecule has 0 saturated heterocycles. The number of aliphatic hydroxyl groups excluding tert-OH is 1.